The van der Waals surface area contributed by atoms with E-state index in [1.165, 1.54) is 12.1 Å². The third-order valence-corrected chi connectivity index (χ3v) is 2.64. The quantitative estimate of drug-likeness (QED) is 0.782. The molecule has 17 heavy (non-hydrogen) atoms. The van der Waals surface area contributed by atoms with E-state index >= 15 is 0 Å². The van der Waals surface area contributed by atoms with Gasteiger partial charge in [-0.1, -0.05) is 12.1 Å². The zero-order valence-electron chi connectivity index (χ0n) is 9.45. The monoisotopic (exact) mass is 250 g/mol. The van der Waals surface area contributed by atoms with Gasteiger partial charge < -0.3 is 0 Å². The van der Waals surface area contributed by atoms with Crippen LogP contribution in [0, 0.1) is 12.7 Å². The van der Waals surface area contributed by atoms with Crippen LogP contribution in [0.25, 0.3) is 0 Å². The lowest BCUT2D eigenvalue weighted by molar-refractivity contribution is 0.627. The van der Waals surface area contributed by atoms with E-state index in [-0.39, 0.29) is 5.82 Å². The summed E-state index contributed by atoms with van der Waals surface area (Å²) in [7, 11) is 0. The molecule has 0 saturated carbocycles. The molecule has 0 bridgehead atoms. The summed E-state index contributed by atoms with van der Waals surface area (Å²) in [6, 6.07) is 8.21. The number of hydrogen-bond donors (Lipinski definition) is 0. The largest absolute Gasteiger partial charge is 0.238 e. The topological polar surface area (TPSA) is 25.8 Å². The molecular weight excluding hydrogens is 239 g/mol. The Kier molecular flexibility index (Phi) is 3.69. The number of hydrogen-bond acceptors (Lipinski definition) is 2. The molecule has 0 amide bonds. The molecule has 0 aliphatic heterocycles. The molecule has 0 unspecified atom stereocenters. The van der Waals surface area contributed by atoms with Crippen LogP contribution in [-0.4, -0.2) is 9.97 Å². The molecule has 1 aromatic carbocycles. The Morgan fingerprint density at radius 3 is 2.53 bits per heavy atom. The van der Waals surface area contributed by atoms with Gasteiger partial charge in [-0.2, -0.15) is 0 Å². The van der Waals surface area contributed by atoms with Crippen molar-refractivity contribution in [3.8, 4) is 0 Å². The summed E-state index contributed by atoms with van der Waals surface area (Å²) in [5.74, 6) is 0.854. The van der Waals surface area contributed by atoms with E-state index in [2.05, 4.69) is 9.97 Å². The van der Waals surface area contributed by atoms with Crippen LogP contribution in [0.3, 0.4) is 0 Å². The zero-order chi connectivity index (χ0) is 12.3. The lowest BCUT2D eigenvalue weighted by Gasteiger charge is -2.04. The summed E-state index contributed by atoms with van der Waals surface area (Å²) >= 11 is 5.75. The molecule has 1 heterocycles. The molecular formula is C13H12ClFN2. The number of benzene rings is 1. The van der Waals surface area contributed by atoms with Crippen molar-refractivity contribution in [3.63, 3.8) is 0 Å². The molecule has 0 aliphatic rings. The molecule has 0 spiro atoms. The molecule has 0 atom stereocenters. The average Bonchev–Trinajstić information content (AvgIpc) is 2.31. The summed E-state index contributed by atoms with van der Waals surface area (Å²) in [5, 5.41) is 0. The normalized spacial score (nSPS) is 10.5. The Bertz CT molecular complexity index is 511. The van der Waals surface area contributed by atoms with E-state index < -0.39 is 0 Å². The molecule has 0 fully saturated rings. The second-order valence-corrected chi connectivity index (χ2v) is 4.12. The summed E-state index contributed by atoms with van der Waals surface area (Å²) in [5.41, 5.74) is 2.70. The van der Waals surface area contributed by atoms with Crippen LogP contribution in [0.4, 0.5) is 4.39 Å². The highest BCUT2D eigenvalue weighted by Gasteiger charge is 2.03. The Morgan fingerprint density at radius 1 is 1.18 bits per heavy atom. The average molecular weight is 251 g/mol. The van der Waals surface area contributed by atoms with E-state index in [0.717, 1.165) is 17.0 Å². The van der Waals surface area contributed by atoms with Crippen LogP contribution in [-0.2, 0) is 12.3 Å². The Labute approximate surface area is 104 Å². The second-order valence-electron chi connectivity index (χ2n) is 3.85. The van der Waals surface area contributed by atoms with Crippen LogP contribution >= 0.6 is 11.6 Å². The number of alkyl halides is 1. The van der Waals surface area contributed by atoms with Gasteiger partial charge >= 0.3 is 0 Å². The van der Waals surface area contributed by atoms with Gasteiger partial charge in [0, 0.05) is 12.1 Å². The van der Waals surface area contributed by atoms with Crippen molar-refractivity contribution in [2.45, 2.75) is 19.2 Å². The van der Waals surface area contributed by atoms with Crippen molar-refractivity contribution in [3.05, 3.63) is 58.9 Å². The first-order valence-electron chi connectivity index (χ1n) is 5.31. The van der Waals surface area contributed by atoms with Crippen molar-refractivity contribution in [1.29, 1.82) is 0 Å². The fourth-order valence-corrected chi connectivity index (χ4v) is 1.77. The first-order valence-corrected chi connectivity index (χ1v) is 5.84. The van der Waals surface area contributed by atoms with E-state index in [1.807, 2.05) is 13.0 Å². The lowest BCUT2D eigenvalue weighted by Crippen LogP contribution is -2.01. The molecule has 0 N–H and O–H groups in total. The summed E-state index contributed by atoms with van der Waals surface area (Å²) in [6.45, 7) is 1.91. The SMILES string of the molecule is Cc1cc(CCl)nc(Cc2ccc(F)cc2)n1. The first-order chi connectivity index (χ1) is 8.17. The summed E-state index contributed by atoms with van der Waals surface area (Å²) in [6.07, 6.45) is 0.589. The molecule has 0 radical (unpaired) electrons. The van der Waals surface area contributed by atoms with Gasteiger partial charge in [-0.25, -0.2) is 14.4 Å². The molecule has 0 aliphatic carbocycles. The minimum Gasteiger partial charge on any atom is -0.238 e. The Balaban J connectivity index is 2.23. The Hall–Kier alpha value is -1.48. The zero-order valence-corrected chi connectivity index (χ0v) is 10.2. The highest BCUT2D eigenvalue weighted by molar-refractivity contribution is 6.16. The van der Waals surface area contributed by atoms with Gasteiger partial charge in [-0.3, -0.25) is 0 Å². The van der Waals surface area contributed by atoms with E-state index in [4.69, 9.17) is 11.6 Å². The fourth-order valence-electron chi connectivity index (χ4n) is 1.63. The lowest BCUT2D eigenvalue weighted by atomic mass is 10.1. The number of nitrogens with zero attached hydrogens (tertiary/aromatic N) is 2. The second kappa shape index (κ2) is 5.23. The van der Waals surface area contributed by atoms with Gasteiger partial charge in [0.15, 0.2) is 0 Å². The van der Waals surface area contributed by atoms with Crippen LogP contribution in [0.5, 0.6) is 0 Å². The van der Waals surface area contributed by atoms with Gasteiger partial charge in [-0.05, 0) is 30.7 Å². The van der Waals surface area contributed by atoms with Crippen LogP contribution in [0.2, 0.25) is 0 Å². The molecule has 2 nitrogen and oxygen atoms in total. The van der Waals surface area contributed by atoms with Gasteiger partial charge in [0.1, 0.15) is 11.6 Å². The molecule has 88 valence electrons. The van der Waals surface area contributed by atoms with Gasteiger partial charge in [0.2, 0.25) is 0 Å². The highest BCUT2D eigenvalue weighted by Crippen LogP contribution is 2.10. The van der Waals surface area contributed by atoms with Crippen LogP contribution in [0.1, 0.15) is 22.8 Å². The minimum absolute atomic E-state index is 0.236. The van der Waals surface area contributed by atoms with Gasteiger partial charge in [0.25, 0.3) is 0 Å². The Morgan fingerprint density at radius 2 is 1.88 bits per heavy atom. The molecule has 4 heteroatoms. The smallest absolute Gasteiger partial charge is 0.133 e. The molecule has 1 aromatic heterocycles. The number of halogens is 2. The summed E-state index contributed by atoms with van der Waals surface area (Å²) in [4.78, 5) is 8.67. The highest BCUT2D eigenvalue weighted by atomic mass is 35.5. The van der Waals surface area contributed by atoms with E-state index in [9.17, 15) is 4.39 Å². The van der Waals surface area contributed by atoms with Gasteiger partial charge in [0.05, 0.1) is 11.6 Å². The van der Waals surface area contributed by atoms with Crippen molar-refractivity contribution in [2.75, 3.05) is 0 Å². The maximum atomic E-state index is 12.8. The predicted molar refractivity (Wildman–Crippen MR) is 65.5 cm³/mol. The first kappa shape index (κ1) is 12.0. The van der Waals surface area contributed by atoms with Gasteiger partial charge in [-0.15, -0.1) is 11.6 Å². The summed E-state index contributed by atoms with van der Waals surface area (Å²) < 4.78 is 12.8. The number of aromatic nitrogens is 2. The van der Waals surface area contributed by atoms with Crippen molar-refractivity contribution < 1.29 is 4.39 Å². The fraction of sp³-hybridized carbons (Fsp3) is 0.231. The standard InChI is InChI=1S/C13H12ClFN2/c1-9-6-12(8-14)17-13(16-9)7-10-2-4-11(15)5-3-10/h2-6H,7-8H2,1H3. The molecule has 2 aromatic rings. The third kappa shape index (κ3) is 3.24. The molecule has 0 saturated heterocycles. The maximum Gasteiger partial charge on any atom is 0.133 e. The van der Waals surface area contributed by atoms with Crippen molar-refractivity contribution in [1.82, 2.24) is 9.97 Å². The predicted octanol–water partition coefficient (Wildman–Crippen LogP) is 3.25. The van der Waals surface area contributed by atoms with E-state index in [1.54, 1.807) is 12.1 Å². The number of rotatable bonds is 3. The van der Waals surface area contributed by atoms with Crippen molar-refractivity contribution in [2.24, 2.45) is 0 Å². The number of aryl methyl sites for hydroxylation is 1. The van der Waals surface area contributed by atoms with E-state index in [0.29, 0.717) is 18.1 Å². The third-order valence-electron chi connectivity index (χ3n) is 2.37. The minimum atomic E-state index is -0.236. The van der Waals surface area contributed by atoms with Crippen LogP contribution < -0.4 is 0 Å². The van der Waals surface area contributed by atoms with Crippen molar-refractivity contribution >= 4 is 11.6 Å². The molecule has 2 rings (SSSR count). The maximum absolute atomic E-state index is 12.8. The van der Waals surface area contributed by atoms with Crippen LogP contribution in [0.15, 0.2) is 30.3 Å².